The molecular formula is C8H11ClFN3O. The predicted octanol–water partition coefficient (Wildman–Crippen LogP) is 1.09. The molecule has 1 aromatic heterocycles. The maximum absolute atomic E-state index is 13.2. The van der Waals surface area contributed by atoms with E-state index < -0.39 is 11.9 Å². The van der Waals surface area contributed by atoms with E-state index in [1.165, 1.54) is 4.90 Å². The van der Waals surface area contributed by atoms with Gasteiger partial charge in [-0.3, -0.25) is 0 Å². The van der Waals surface area contributed by atoms with Crippen LogP contribution in [0.5, 0.6) is 0 Å². The largest absolute Gasteiger partial charge is 0.392 e. The number of anilines is 1. The number of nitrogens with zero attached hydrogens (tertiary/aromatic N) is 3. The van der Waals surface area contributed by atoms with Crippen LogP contribution in [0.4, 0.5) is 10.2 Å². The molecule has 0 bridgehead atoms. The summed E-state index contributed by atoms with van der Waals surface area (Å²) in [7, 11) is 1.62. The lowest BCUT2D eigenvalue weighted by Crippen LogP contribution is -2.28. The van der Waals surface area contributed by atoms with Crippen molar-refractivity contribution in [2.45, 2.75) is 13.0 Å². The Balaban J connectivity index is 2.88. The van der Waals surface area contributed by atoms with E-state index in [4.69, 9.17) is 16.7 Å². The molecule has 1 unspecified atom stereocenters. The van der Waals surface area contributed by atoms with Crippen molar-refractivity contribution >= 4 is 17.4 Å². The molecule has 0 aliphatic carbocycles. The first-order valence-corrected chi connectivity index (χ1v) is 4.45. The highest BCUT2D eigenvalue weighted by Gasteiger charge is 2.12. The Kier molecular flexibility index (Phi) is 3.60. The first kappa shape index (κ1) is 11.1. The van der Waals surface area contributed by atoms with Gasteiger partial charge in [-0.15, -0.1) is 0 Å². The van der Waals surface area contributed by atoms with Crippen LogP contribution in [0.15, 0.2) is 6.20 Å². The highest BCUT2D eigenvalue weighted by Crippen LogP contribution is 2.15. The highest BCUT2D eigenvalue weighted by molar-refractivity contribution is 6.28. The molecule has 0 saturated carbocycles. The number of likely N-dealkylation sites (N-methyl/N-ethyl adjacent to an activating group) is 1. The normalized spacial score (nSPS) is 12.6. The maximum Gasteiger partial charge on any atom is 0.224 e. The van der Waals surface area contributed by atoms with Crippen LogP contribution in [-0.2, 0) is 0 Å². The molecule has 1 rings (SSSR count). The quantitative estimate of drug-likeness (QED) is 0.774. The summed E-state index contributed by atoms with van der Waals surface area (Å²) in [6.07, 6.45) is 0.441. The van der Waals surface area contributed by atoms with Crippen molar-refractivity contribution < 1.29 is 9.50 Å². The topological polar surface area (TPSA) is 49.2 Å². The molecule has 0 radical (unpaired) electrons. The van der Waals surface area contributed by atoms with Crippen LogP contribution >= 0.6 is 11.6 Å². The monoisotopic (exact) mass is 219 g/mol. The van der Waals surface area contributed by atoms with Crippen LogP contribution in [0.2, 0.25) is 5.28 Å². The lowest BCUT2D eigenvalue weighted by Gasteiger charge is -2.19. The van der Waals surface area contributed by atoms with Gasteiger partial charge in [0.15, 0.2) is 11.6 Å². The molecular weight excluding hydrogens is 209 g/mol. The SMILES string of the molecule is CC(O)CN(C)c1nc(Cl)ncc1F. The Labute approximate surface area is 86.4 Å². The predicted molar refractivity (Wildman–Crippen MR) is 52.0 cm³/mol. The number of aliphatic hydroxyl groups excluding tert-OH is 1. The second-order valence-corrected chi connectivity index (χ2v) is 3.38. The van der Waals surface area contributed by atoms with E-state index in [0.29, 0.717) is 0 Å². The van der Waals surface area contributed by atoms with E-state index in [1.54, 1.807) is 14.0 Å². The Morgan fingerprint density at radius 2 is 2.36 bits per heavy atom. The average molecular weight is 220 g/mol. The molecule has 1 atom stereocenters. The van der Waals surface area contributed by atoms with Crippen molar-refractivity contribution in [1.82, 2.24) is 9.97 Å². The van der Waals surface area contributed by atoms with E-state index in [2.05, 4.69) is 9.97 Å². The van der Waals surface area contributed by atoms with Crippen molar-refractivity contribution in [3.05, 3.63) is 17.3 Å². The van der Waals surface area contributed by atoms with Crippen molar-refractivity contribution in [2.75, 3.05) is 18.5 Å². The van der Waals surface area contributed by atoms with Crippen LogP contribution < -0.4 is 4.90 Å². The number of hydrogen-bond acceptors (Lipinski definition) is 4. The first-order valence-electron chi connectivity index (χ1n) is 4.08. The summed E-state index contributed by atoms with van der Waals surface area (Å²) < 4.78 is 13.2. The van der Waals surface area contributed by atoms with Crippen LogP contribution in [-0.4, -0.2) is 34.8 Å². The van der Waals surface area contributed by atoms with E-state index in [-0.39, 0.29) is 17.6 Å². The van der Waals surface area contributed by atoms with Crippen LogP contribution in [0.3, 0.4) is 0 Å². The number of rotatable bonds is 3. The summed E-state index contributed by atoms with van der Waals surface area (Å²) in [5, 5.41) is 9.09. The molecule has 1 aromatic rings. The van der Waals surface area contributed by atoms with Gasteiger partial charge in [0.05, 0.1) is 12.3 Å². The van der Waals surface area contributed by atoms with Gasteiger partial charge in [-0.25, -0.2) is 9.37 Å². The minimum Gasteiger partial charge on any atom is -0.392 e. The zero-order chi connectivity index (χ0) is 10.7. The fraction of sp³-hybridized carbons (Fsp3) is 0.500. The van der Waals surface area contributed by atoms with E-state index in [1.807, 2.05) is 0 Å². The minimum absolute atomic E-state index is 0.0150. The van der Waals surface area contributed by atoms with E-state index in [9.17, 15) is 4.39 Å². The molecule has 0 saturated heterocycles. The third-order valence-corrected chi connectivity index (χ3v) is 1.78. The molecule has 0 fully saturated rings. The minimum atomic E-state index is -0.562. The van der Waals surface area contributed by atoms with Gasteiger partial charge in [0, 0.05) is 13.6 Å². The molecule has 0 aromatic carbocycles. The standard InChI is InChI=1S/C8H11ClFN3O/c1-5(14)4-13(2)7-6(10)3-11-8(9)12-7/h3,5,14H,4H2,1-2H3. The lowest BCUT2D eigenvalue weighted by atomic mass is 10.3. The van der Waals surface area contributed by atoms with Crippen molar-refractivity contribution in [2.24, 2.45) is 0 Å². The molecule has 6 heteroatoms. The second kappa shape index (κ2) is 4.52. The Hall–Kier alpha value is -0.940. The highest BCUT2D eigenvalue weighted by atomic mass is 35.5. The Bertz CT molecular complexity index is 321. The van der Waals surface area contributed by atoms with Crippen molar-refractivity contribution in [1.29, 1.82) is 0 Å². The first-order chi connectivity index (χ1) is 6.50. The van der Waals surface area contributed by atoms with Gasteiger partial charge < -0.3 is 10.0 Å². The van der Waals surface area contributed by atoms with Crippen molar-refractivity contribution in [3.63, 3.8) is 0 Å². The summed E-state index contributed by atoms with van der Waals surface area (Å²) in [4.78, 5) is 8.69. The molecule has 78 valence electrons. The smallest absolute Gasteiger partial charge is 0.224 e. The van der Waals surface area contributed by atoms with Gasteiger partial charge in [-0.2, -0.15) is 4.98 Å². The molecule has 14 heavy (non-hydrogen) atoms. The summed E-state index contributed by atoms with van der Waals surface area (Å²) in [6.45, 7) is 1.89. The van der Waals surface area contributed by atoms with Gasteiger partial charge >= 0.3 is 0 Å². The average Bonchev–Trinajstić information content (AvgIpc) is 2.08. The van der Waals surface area contributed by atoms with Gasteiger partial charge in [-0.1, -0.05) is 0 Å². The van der Waals surface area contributed by atoms with Gasteiger partial charge in [0.2, 0.25) is 5.28 Å². The van der Waals surface area contributed by atoms with E-state index >= 15 is 0 Å². The summed E-state index contributed by atoms with van der Waals surface area (Å²) >= 11 is 5.52. The zero-order valence-electron chi connectivity index (χ0n) is 7.91. The molecule has 0 aliphatic heterocycles. The van der Waals surface area contributed by atoms with E-state index in [0.717, 1.165) is 6.20 Å². The molecule has 0 amide bonds. The third kappa shape index (κ3) is 2.78. The molecule has 1 heterocycles. The fourth-order valence-electron chi connectivity index (χ4n) is 1.09. The lowest BCUT2D eigenvalue weighted by molar-refractivity contribution is 0.201. The molecule has 0 spiro atoms. The molecule has 1 N–H and O–H groups in total. The maximum atomic E-state index is 13.2. The molecule has 4 nitrogen and oxygen atoms in total. The number of halogens is 2. The zero-order valence-corrected chi connectivity index (χ0v) is 8.66. The fourth-order valence-corrected chi connectivity index (χ4v) is 1.22. The summed E-state index contributed by atoms with van der Waals surface area (Å²) in [5.41, 5.74) is 0. The van der Waals surface area contributed by atoms with Crippen LogP contribution in [0.25, 0.3) is 0 Å². The van der Waals surface area contributed by atoms with Gasteiger partial charge in [0.1, 0.15) is 0 Å². The number of aliphatic hydroxyl groups is 1. The number of aromatic nitrogens is 2. The van der Waals surface area contributed by atoms with Crippen molar-refractivity contribution in [3.8, 4) is 0 Å². The Morgan fingerprint density at radius 1 is 1.71 bits per heavy atom. The third-order valence-electron chi connectivity index (χ3n) is 1.60. The summed E-state index contributed by atoms with van der Waals surface area (Å²) in [6, 6.07) is 0. The Morgan fingerprint density at radius 3 is 2.93 bits per heavy atom. The van der Waals surface area contributed by atoms with Crippen LogP contribution in [0, 0.1) is 5.82 Å². The summed E-state index contributed by atoms with van der Waals surface area (Å²) in [5.74, 6) is -0.469. The molecule has 0 aliphatic rings. The second-order valence-electron chi connectivity index (χ2n) is 3.04. The van der Waals surface area contributed by atoms with Gasteiger partial charge in [-0.05, 0) is 18.5 Å². The van der Waals surface area contributed by atoms with Crippen LogP contribution in [0.1, 0.15) is 6.92 Å². The van der Waals surface area contributed by atoms with Gasteiger partial charge in [0.25, 0.3) is 0 Å². The number of hydrogen-bond donors (Lipinski definition) is 1.